The van der Waals surface area contributed by atoms with Gasteiger partial charge in [-0.15, -0.1) is 0 Å². The average molecular weight is 231 g/mol. The van der Waals surface area contributed by atoms with Gasteiger partial charge in [0.1, 0.15) is 5.75 Å². The number of hydrogen-bond donors (Lipinski definition) is 1. The Bertz CT molecular complexity index is 415. The lowest BCUT2D eigenvalue weighted by Gasteiger charge is -2.35. The first-order valence-corrected chi connectivity index (χ1v) is 6.82. The molecule has 1 fully saturated rings. The molecule has 2 nitrogen and oxygen atoms in total. The highest BCUT2D eigenvalue weighted by molar-refractivity contribution is 5.46. The van der Waals surface area contributed by atoms with E-state index in [-0.39, 0.29) is 0 Å². The lowest BCUT2D eigenvalue weighted by atomic mass is 9.85. The van der Waals surface area contributed by atoms with Crippen LogP contribution in [-0.2, 0) is 6.42 Å². The molecule has 2 atom stereocenters. The van der Waals surface area contributed by atoms with Crippen molar-refractivity contribution in [3.05, 3.63) is 29.3 Å². The number of fused-ring (bicyclic) bond motifs is 3. The van der Waals surface area contributed by atoms with E-state index in [9.17, 15) is 5.11 Å². The van der Waals surface area contributed by atoms with Crippen molar-refractivity contribution in [1.82, 2.24) is 4.90 Å². The van der Waals surface area contributed by atoms with Gasteiger partial charge in [0.05, 0.1) is 0 Å². The van der Waals surface area contributed by atoms with E-state index in [4.69, 9.17) is 0 Å². The van der Waals surface area contributed by atoms with Gasteiger partial charge in [-0.2, -0.15) is 0 Å². The molecule has 92 valence electrons. The fourth-order valence-electron chi connectivity index (χ4n) is 3.70. The van der Waals surface area contributed by atoms with Crippen molar-refractivity contribution >= 4 is 0 Å². The minimum atomic E-state index is 0.527. The van der Waals surface area contributed by atoms with Gasteiger partial charge in [0.25, 0.3) is 0 Å². The van der Waals surface area contributed by atoms with Crippen LogP contribution in [0.15, 0.2) is 18.2 Å². The van der Waals surface area contributed by atoms with E-state index in [2.05, 4.69) is 17.9 Å². The Balaban J connectivity index is 1.82. The minimum absolute atomic E-state index is 0.527. The van der Waals surface area contributed by atoms with E-state index >= 15 is 0 Å². The number of rotatable bonds is 2. The zero-order valence-electron chi connectivity index (χ0n) is 10.5. The van der Waals surface area contributed by atoms with Crippen molar-refractivity contribution in [2.75, 3.05) is 19.6 Å². The first kappa shape index (κ1) is 11.1. The third kappa shape index (κ3) is 1.85. The summed E-state index contributed by atoms with van der Waals surface area (Å²) in [5, 5.41) is 10.0. The molecule has 3 rings (SSSR count). The quantitative estimate of drug-likeness (QED) is 0.846. The molecule has 1 N–H and O–H groups in total. The van der Waals surface area contributed by atoms with E-state index in [1.165, 1.54) is 43.6 Å². The molecule has 2 heteroatoms. The summed E-state index contributed by atoms with van der Waals surface area (Å²) < 4.78 is 0. The molecular formula is C15H21NO. The van der Waals surface area contributed by atoms with Gasteiger partial charge >= 0.3 is 0 Å². The molecule has 0 radical (unpaired) electrons. The second kappa shape index (κ2) is 4.34. The van der Waals surface area contributed by atoms with Crippen molar-refractivity contribution in [1.29, 1.82) is 0 Å². The smallest absolute Gasteiger partial charge is 0.119 e. The predicted octanol–water partition coefficient (Wildman–Crippen LogP) is 2.76. The van der Waals surface area contributed by atoms with Crippen molar-refractivity contribution in [2.24, 2.45) is 5.92 Å². The number of hydrogen-bond acceptors (Lipinski definition) is 2. The molecular weight excluding hydrogens is 210 g/mol. The monoisotopic (exact) mass is 231 g/mol. The number of phenolic OH excluding ortho intramolecular Hbond substituents is 1. The Morgan fingerprint density at radius 1 is 1.41 bits per heavy atom. The average Bonchev–Trinajstić information content (AvgIpc) is 2.68. The lowest BCUT2D eigenvalue weighted by Crippen LogP contribution is -2.38. The Morgan fingerprint density at radius 3 is 3.12 bits per heavy atom. The summed E-state index contributed by atoms with van der Waals surface area (Å²) in [5.41, 5.74) is 2.65. The Labute approximate surface area is 103 Å². The molecule has 17 heavy (non-hydrogen) atoms. The largest absolute Gasteiger partial charge is 0.508 e. The van der Waals surface area contributed by atoms with Crippen LogP contribution in [0.1, 0.15) is 36.8 Å². The topological polar surface area (TPSA) is 23.5 Å². The van der Waals surface area contributed by atoms with Crippen LogP contribution in [-0.4, -0.2) is 29.6 Å². The third-order valence-corrected chi connectivity index (χ3v) is 4.38. The zero-order chi connectivity index (χ0) is 11.8. The first-order valence-electron chi connectivity index (χ1n) is 6.82. The maximum Gasteiger partial charge on any atom is 0.119 e. The number of phenols is 1. The van der Waals surface area contributed by atoms with Crippen LogP contribution in [0.3, 0.4) is 0 Å². The van der Waals surface area contributed by atoms with Gasteiger partial charge < -0.3 is 10.0 Å². The molecule has 0 amide bonds. The zero-order valence-corrected chi connectivity index (χ0v) is 10.5. The molecule has 1 aromatic rings. The third-order valence-electron chi connectivity index (χ3n) is 4.38. The van der Waals surface area contributed by atoms with Crippen LogP contribution in [0.4, 0.5) is 0 Å². The first-order chi connectivity index (χ1) is 8.29. The molecule has 1 aliphatic heterocycles. The van der Waals surface area contributed by atoms with Gasteiger partial charge in [-0.25, -0.2) is 0 Å². The number of aromatic hydroxyl groups is 1. The molecule has 2 aliphatic rings. The van der Waals surface area contributed by atoms with Gasteiger partial charge in [-0.1, -0.05) is 19.1 Å². The van der Waals surface area contributed by atoms with E-state index in [1.807, 2.05) is 12.1 Å². The van der Waals surface area contributed by atoms with Crippen LogP contribution in [0.25, 0.3) is 0 Å². The maximum atomic E-state index is 10.0. The molecule has 0 spiro atoms. The van der Waals surface area contributed by atoms with Crippen LogP contribution in [0.5, 0.6) is 5.75 Å². The summed E-state index contributed by atoms with van der Waals surface area (Å²) >= 11 is 0. The van der Waals surface area contributed by atoms with E-state index in [0.29, 0.717) is 11.7 Å². The molecule has 1 heterocycles. The van der Waals surface area contributed by atoms with E-state index in [0.717, 1.165) is 12.3 Å². The van der Waals surface area contributed by atoms with Crippen LogP contribution >= 0.6 is 0 Å². The highest BCUT2D eigenvalue weighted by Gasteiger charge is 2.37. The second-order valence-corrected chi connectivity index (χ2v) is 5.51. The predicted molar refractivity (Wildman–Crippen MR) is 69.4 cm³/mol. The number of piperidine rings is 1. The lowest BCUT2D eigenvalue weighted by molar-refractivity contribution is 0.162. The molecule has 1 saturated heterocycles. The van der Waals surface area contributed by atoms with Crippen LogP contribution in [0.2, 0.25) is 0 Å². The van der Waals surface area contributed by atoms with Crippen molar-refractivity contribution in [3.8, 4) is 5.75 Å². The van der Waals surface area contributed by atoms with Crippen molar-refractivity contribution < 1.29 is 5.11 Å². The van der Waals surface area contributed by atoms with Gasteiger partial charge in [0.15, 0.2) is 0 Å². The van der Waals surface area contributed by atoms with E-state index in [1.54, 1.807) is 0 Å². The van der Waals surface area contributed by atoms with Crippen molar-refractivity contribution in [3.63, 3.8) is 0 Å². The number of nitrogens with zero attached hydrogens (tertiary/aromatic N) is 1. The normalized spacial score (nSPS) is 27.8. The number of likely N-dealkylation sites (tertiary alicyclic amines) is 1. The Kier molecular flexibility index (Phi) is 2.83. The molecule has 1 aromatic carbocycles. The fourth-order valence-corrected chi connectivity index (χ4v) is 3.70. The summed E-state index contributed by atoms with van der Waals surface area (Å²) in [6, 6.07) is 6.02. The fraction of sp³-hybridized carbons (Fsp3) is 0.600. The van der Waals surface area contributed by atoms with E-state index < -0.39 is 0 Å². The Hall–Kier alpha value is -1.02. The Morgan fingerprint density at radius 2 is 2.29 bits per heavy atom. The SMILES string of the molecule is CCCN1CCC2c3c(O)cccc3CC2C1. The van der Waals surface area contributed by atoms with Gasteiger partial charge in [0.2, 0.25) is 0 Å². The van der Waals surface area contributed by atoms with Gasteiger partial charge in [0, 0.05) is 12.1 Å². The molecule has 0 saturated carbocycles. The second-order valence-electron chi connectivity index (χ2n) is 5.51. The maximum absolute atomic E-state index is 10.0. The summed E-state index contributed by atoms with van der Waals surface area (Å²) in [5.74, 6) is 1.87. The van der Waals surface area contributed by atoms with Crippen LogP contribution in [0, 0.1) is 5.92 Å². The summed E-state index contributed by atoms with van der Waals surface area (Å²) in [7, 11) is 0. The summed E-state index contributed by atoms with van der Waals surface area (Å²) in [4.78, 5) is 2.59. The molecule has 2 unspecified atom stereocenters. The van der Waals surface area contributed by atoms with Gasteiger partial charge in [-0.05, 0) is 55.8 Å². The van der Waals surface area contributed by atoms with Gasteiger partial charge in [-0.3, -0.25) is 0 Å². The van der Waals surface area contributed by atoms with Crippen molar-refractivity contribution in [2.45, 2.75) is 32.1 Å². The summed E-state index contributed by atoms with van der Waals surface area (Å²) in [6.45, 7) is 5.89. The molecule has 0 aromatic heterocycles. The standard InChI is InChI=1S/C15H21NO/c1-2-7-16-8-6-13-12(10-16)9-11-4-3-5-14(17)15(11)13/h3-5,12-13,17H,2,6-10H2,1H3. The van der Waals surface area contributed by atoms with Crippen LogP contribution < -0.4 is 0 Å². The summed E-state index contributed by atoms with van der Waals surface area (Å²) in [6.07, 6.45) is 3.62. The minimum Gasteiger partial charge on any atom is -0.508 e. The number of benzene rings is 1. The highest BCUT2D eigenvalue weighted by atomic mass is 16.3. The molecule has 0 bridgehead atoms. The highest BCUT2D eigenvalue weighted by Crippen LogP contribution is 2.46. The molecule has 1 aliphatic carbocycles.